The van der Waals surface area contributed by atoms with Crippen LogP contribution < -0.4 is 4.74 Å². The highest BCUT2D eigenvalue weighted by Gasteiger charge is 2.22. The van der Waals surface area contributed by atoms with Gasteiger partial charge < -0.3 is 9.47 Å². The van der Waals surface area contributed by atoms with E-state index in [-0.39, 0.29) is 0 Å². The molecular weight excluding hydrogens is 244 g/mol. The first-order valence-electron chi connectivity index (χ1n) is 4.73. The second-order valence-corrected chi connectivity index (χ2v) is 4.37. The highest BCUT2D eigenvalue weighted by atomic mass is 79.9. The number of methoxy groups -OCH3 is 1. The molecule has 1 aromatic carbocycles. The number of epoxide rings is 1. The summed E-state index contributed by atoms with van der Waals surface area (Å²) < 4.78 is 11.6. The molecule has 3 heteroatoms. The molecule has 0 N–H and O–H groups in total. The Morgan fingerprint density at radius 3 is 3.00 bits per heavy atom. The zero-order valence-corrected chi connectivity index (χ0v) is 9.71. The van der Waals surface area contributed by atoms with Crippen LogP contribution in [0.5, 0.6) is 5.75 Å². The third kappa shape index (κ3) is 2.49. The smallest absolute Gasteiger partial charge is 0.122 e. The summed E-state index contributed by atoms with van der Waals surface area (Å²) in [7, 11) is 1.71. The van der Waals surface area contributed by atoms with Gasteiger partial charge in [-0.3, -0.25) is 0 Å². The van der Waals surface area contributed by atoms with Crippen molar-refractivity contribution < 1.29 is 9.47 Å². The highest BCUT2D eigenvalue weighted by Crippen LogP contribution is 2.26. The molecule has 0 radical (unpaired) electrons. The van der Waals surface area contributed by atoms with Crippen molar-refractivity contribution in [2.45, 2.75) is 18.9 Å². The SMILES string of the molecule is COc1ccc(Br)cc1CCC1CO1. The molecule has 14 heavy (non-hydrogen) atoms. The number of aryl methyl sites for hydroxylation is 1. The molecule has 1 heterocycles. The predicted molar refractivity (Wildman–Crippen MR) is 58.8 cm³/mol. The summed E-state index contributed by atoms with van der Waals surface area (Å²) in [4.78, 5) is 0. The molecule has 0 saturated carbocycles. The number of rotatable bonds is 4. The van der Waals surface area contributed by atoms with Crippen LogP contribution in [0.25, 0.3) is 0 Å². The summed E-state index contributed by atoms with van der Waals surface area (Å²) in [6.07, 6.45) is 2.60. The summed E-state index contributed by atoms with van der Waals surface area (Å²) in [5.41, 5.74) is 1.25. The van der Waals surface area contributed by atoms with E-state index in [1.54, 1.807) is 7.11 Å². The van der Waals surface area contributed by atoms with Crippen molar-refractivity contribution in [1.29, 1.82) is 0 Å². The van der Waals surface area contributed by atoms with Crippen molar-refractivity contribution in [3.63, 3.8) is 0 Å². The summed E-state index contributed by atoms with van der Waals surface area (Å²) in [6.45, 7) is 0.927. The fraction of sp³-hybridized carbons (Fsp3) is 0.455. The van der Waals surface area contributed by atoms with Crippen LogP contribution in [0.15, 0.2) is 22.7 Å². The fourth-order valence-corrected chi connectivity index (χ4v) is 1.90. The first-order valence-corrected chi connectivity index (χ1v) is 5.53. The van der Waals surface area contributed by atoms with E-state index in [0.717, 1.165) is 29.7 Å². The Morgan fingerprint density at radius 2 is 2.36 bits per heavy atom. The van der Waals surface area contributed by atoms with Gasteiger partial charge in [-0.05, 0) is 36.6 Å². The maximum absolute atomic E-state index is 5.29. The lowest BCUT2D eigenvalue weighted by Gasteiger charge is -2.07. The first kappa shape index (κ1) is 9.99. The van der Waals surface area contributed by atoms with Gasteiger partial charge in [0.2, 0.25) is 0 Å². The Balaban J connectivity index is 2.07. The van der Waals surface area contributed by atoms with Crippen molar-refractivity contribution >= 4 is 15.9 Å². The van der Waals surface area contributed by atoms with Crippen LogP contribution in [-0.4, -0.2) is 19.8 Å². The molecule has 1 fully saturated rings. The van der Waals surface area contributed by atoms with Crippen LogP contribution >= 0.6 is 15.9 Å². The van der Waals surface area contributed by atoms with E-state index >= 15 is 0 Å². The van der Waals surface area contributed by atoms with Gasteiger partial charge in [0.05, 0.1) is 19.8 Å². The Kier molecular flexibility index (Phi) is 3.08. The summed E-state index contributed by atoms with van der Waals surface area (Å²) >= 11 is 3.46. The van der Waals surface area contributed by atoms with E-state index < -0.39 is 0 Å². The third-order valence-corrected chi connectivity index (χ3v) is 2.87. The van der Waals surface area contributed by atoms with Crippen molar-refractivity contribution in [3.05, 3.63) is 28.2 Å². The Bertz CT molecular complexity index is 321. The summed E-state index contributed by atoms with van der Waals surface area (Å²) in [6, 6.07) is 6.10. The number of halogens is 1. The molecule has 1 unspecified atom stereocenters. The standard InChI is InChI=1S/C11H13BrO2/c1-13-11-5-3-9(12)6-8(11)2-4-10-7-14-10/h3,5-6,10H,2,4,7H2,1H3. The monoisotopic (exact) mass is 256 g/mol. The van der Waals surface area contributed by atoms with Crippen molar-refractivity contribution in [3.8, 4) is 5.75 Å². The molecule has 0 spiro atoms. The predicted octanol–water partition coefficient (Wildman–Crippen LogP) is 2.79. The zero-order valence-electron chi connectivity index (χ0n) is 8.13. The maximum Gasteiger partial charge on any atom is 0.122 e. The lowest BCUT2D eigenvalue weighted by Crippen LogP contribution is -1.95. The van der Waals surface area contributed by atoms with Gasteiger partial charge in [0.25, 0.3) is 0 Å². The second kappa shape index (κ2) is 4.32. The molecule has 76 valence electrons. The zero-order chi connectivity index (χ0) is 9.97. The Hall–Kier alpha value is -0.540. The molecule has 1 aromatic rings. The molecule has 0 amide bonds. The van der Waals surface area contributed by atoms with Crippen LogP contribution in [0.3, 0.4) is 0 Å². The van der Waals surface area contributed by atoms with E-state index in [9.17, 15) is 0 Å². The summed E-state index contributed by atoms with van der Waals surface area (Å²) in [5, 5.41) is 0. The van der Waals surface area contributed by atoms with Crippen LogP contribution in [0.1, 0.15) is 12.0 Å². The average molecular weight is 257 g/mol. The van der Waals surface area contributed by atoms with Gasteiger partial charge in [-0.15, -0.1) is 0 Å². The second-order valence-electron chi connectivity index (χ2n) is 3.45. The molecule has 1 aliphatic rings. The van der Waals surface area contributed by atoms with Crippen molar-refractivity contribution in [1.82, 2.24) is 0 Å². The highest BCUT2D eigenvalue weighted by molar-refractivity contribution is 9.10. The molecule has 0 aliphatic carbocycles. The van der Waals surface area contributed by atoms with E-state index in [4.69, 9.17) is 9.47 Å². The van der Waals surface area contributed by atoms with Crippen molar-refractivity contribution in [2.75, 3.05) is 13.7 Å². The molecular formula is C11H13BrO2. The summed E-state index contributed by atoms with van der Waals surface area (Å²) in [5.74, 6) is 0.967. The molecule has 1 saturated heterocycles. The van der Waals surface area contributed by atoms with Crippen LogP contribution in [0.2, 0.25) is 0 Å². The van der Waals surface area contributed by atoms with E-state index in [1.165, 1.54) is 5.56 Å². The van der Waals surface area contributed by atoms with Gasteiger partial charge in [-0.2, -0.15) is 0 Å². The van der Waals surface area contributed by atoms with Crippen LogP contribution in [0, 0.1) is 0 Å². The number of hydrogen-bond acceptors (Lipinski definition) is 2. The molecule has 0 aromatic heterocycles. The quantitative estimate of drug-likeness (QED) is 0.773. The van der Waals surface area contributed by atoms with Gasteiger partial charge in [0.1, 0.15) is 5.75 Å². The molecule has 2 rings (SSSR count). The van der Waals surface area contributed by atoms with Crippen LogP contribution in [0.4, 0.5) is 0 Å². The number of hydrogen-bond donors (Lipinski definition) is 0. The van der Waals surface area contributed by atoms with E-state index in [1.807, 2.05) is 12.1 Å². The van der Waals surface area contributed by atoms with Gasteiger partial charge in [-0.25, -0.2) is 0 Å². The molecule has 2 nitrogen and oxygen atoms in total. The molecule has 0 bridgehead atoms. The molecule has 1 atom stereocenters. The van der Waals surface area contributed by atoms with E-state index in [0.29, 0.717) is 6.10 Å². The normalized spacial score (nSPS) is 19.4. The lowest BCUT2D eigenvalue weighted by atomic mass is 10.1. The first-order chi connectivity index (χ1) is 6.79. The average Bonchev–Trinajstić information content (AvgIpc) is 2.98. The van der Waals surface area contributed by atoms with Crippen LogP contribution in [-0.2, 0) is 11.2 Å². The minimum absolute atomic E-state index is 0.485. The van der Waals surface area contributed by atoms with E-state index in [2.05, 4.69) is 22.0 Å². The number of ether oxygens (including phenoxy) is 2. The Morgan fingerprint density at radius 1 is 1.57 bits per heavy atom. The van der Waals surface area contributed by atoms with Gasteiger partial charge >= 0.3 is 0 Å². The minimum atomic E-state index is 0.485. The van der Waals surface area contributed by atoms with Gasteiger partial charge in [0.15, 0.2) is 0 Å². The maximum atomic E-state index is 5.29. The third-order valence-electron chi connectivity index (χ3n) is 2.38. The van der Waals surface area contributed by atoms with Gasteiger partial charge in [0, 0.05) is 4.47 Å². The largest absolute Gasteiger partial charge is 0.496 e. The Labute approximate surface area is 92.3 Å². The van der Waals surface area contributed by atoms with Gasteiger partial charge in [-0.1, -0.05) is 15.9 Å². The lowest BCUT2D eigenvalue weighted by molar-refractivity contribution is 0.389. The molecule has 1 aliphatic heterocycles. The topological polar surface area (TPSA) is 21.8 Å². The number of benzene rings is 1. The minimum Gasteiger partial charge on any atom is -0.496 e. The van der Waals surface area contributed by atoms with Crippen molar-refractivity contribution in [2.24, 2.45) is 0 Å². The fourth-order valence-electron chi connectivity index (χ4n) is 1.49.